The SMILES string of the molecule is O=C(C[C@@H](c1ccco1)n1cccc1)Nc1ccc(F)cc1. The zero-order valence-corrected chi connectivity index (χ0v) is 11.8. The first kappa shape index (κ1) is 14.1. The summed E-state index contributed by atoms with van der Waals surface area (Å²) >= 11 is 0. The molecule has 0 fully saturated rings. The lowest BCUT2D eigenvalue weighted by Gasteiger charge is -2.16. The van der Waals surface area contributed by atoms with Crippen LogP contribution in [0.15, 0.2) is 71.6 Å². The Hall–Kier alpha value is -2.82. The van der Waals surface area contributed by atoms with Gasteiger partial charge in [0.15, 0.2) is 0 Å². The first-order valence-corrected chi connectivity index (χ1v) is 6.93. The number of nitrogens with one attached hydrogen (secondary N) is 1. The van der Waals surface area contributed by atoms with E-state index in [4.69, 9.17) is 4.42 Å². The first-order valence-electron chi connectivity index (χ1n) is 6.93. The fourth-order valence-electron chi connectivity index (χ4n) is 2.31. The molecule has 1 N–H and O–H groups in total. The second-order valence-corrected chi connectivity index (χ2v) is 4.92. The second kappa shape index (κ2) is 6.30. The molecule has 0 aliphatic carbocycles. The van der Waals surface area contributed by atoms with E-state index in [2.05, 4.69) is 5.32 Å². The Kier molecular flexibility index (Phi) is 4.05. The summed E-state index contributed by atoms with van der Waals surface area (Å²) in [7, 11) is 0. The number of hydrogen-bond acceptors (Lipinski definition) is 2. The molecule has 0 radical (unpaired) electrons. The summed E-state index contributed by atoms with van der Waals surface area (Å²) < 4.78 is 20.2. The number of furan rings is 1. The highest BCUT2D eigenvalue weighted by atomic mass is 19.1. The number of carbonyl (C=O) groups excluding carboxylic acids is 1. The van der Waals surface area contributed by atoms with E-state index in [1.807, 2.05) is 35.2 Å². The quantitative estimate of drug-likeness (QED) is 0.778. The fourth-order valence-corrected chi connectivity index (χ4v) is 2.31. The summed E-state index contributed by atoms with van der Waals surface area (Å²) in [5, 5.41) is 2.76. The molecule has 0 unspecified atom stereocenters. The lowest BCUT2D eigenvalue weighted by Crippen LogP contribution is -2.19. The Bertz CT molecular complexity index is 684. The molecule has 0 aliphatic rings. The summed E-state index contributed by atoms with van der Waals surface area (Å²) in [6, 6.07) is 12.9. The van der Waals surface area contributed by atoms with Gasteiger partial charge in [0.1, 0.15) is 11.6 Å². The van der Waals surface area contributed by atoms with E-state index in [1.54, 1.807) is 12.3 Å². The van der Waals surface area contributed by atoms with Crippen molar-refractivity contribution in [2.24, 2.45) is 0 Å². The normalized spacial score (nSPS) is 12.0. The minimum absolute atomic E-state index is 0.165. The molecule has 0 saturated carbocycles. The van der Waals surface area contributed by atoms with Crippen LogP contribution < -0.4 is 5.32 Å². The summed E-state index contributed by atoms with van der Waals surface area (Å²) in [6.07, 6.45) is 5.58. The number of nitrogens with zero attached hydrogens (tertiary/aromatic N) is 1. The van der Waals surface area contributed by atoms with Crippen LogP contribution in [0.3, 0.4) is 0 Å². The maximum atomic E-state index is 12.9. The number of benzene rings is 1. The van der Waals surface area contributed by atoms with Gasteiger partial charge in [0.05, 0.1) is 18.7 Å². The maximum Gasteiger partial charge on any atom is 0.226 e. The van der Waals surface area contributed by atoms with E-state index in [9.17, 15) is 9.18 Å². The lowest BCUT2D eigenvalue weighted by atomic mass is 10.1. The van der Waals surface area contributed by atoms with E-state index < -0.39 is 0 Å². The predicted octanol–water partition coefficient (Wildman–Crippen LogP) is 3.84. The van der Waals surface area contributed by atoms with Crippen molar-refractivity contribution in [1.82, 2.24) is 4.57 Å². The molecule has 0 aliphatic heterocycles. The molecule has 3 rings (SSSR count). The second-order valence-electron chi connectivity index (χ2n) is 4.92. The van der Waals surface area contributed by atoms with Crippen molar-refractivity contribution >= 4 is 11.6 Å². The Morgan fingerprint density at radius 3 is 2.50 bits per heavy atom. The van der Waals surface area contributed by atoms with Crippen LogP contribution in [0.25, 0.3) is 0 Å². The zero-order valence-electron chi connectivity index (χ0n) is 11.8. The van der Waals surface area contributed by atoms with Crippen molar-refractivity contribution < 1.29 is 13.6 Å². The van der Waals surface area contributed by atoms with Gasteiger partial charge in [0, 0.05) is 18.1 Å². The van der Waals surface area contributed by atoms with Crippen LogP contribution in [0.5, 0.6) is 0 Å². The Morgan fingerprint density at radius 1 is 1.14 bits per heavy atom. The van der Waals surface area contributed by atoms with Crippen molar-refractivity contribution in [3.8, 4) is 0 Å². The van der Waals surface area contributed by atoms with Crippen LogP contribution in [0, 0.1) is 5.82 Å². The Morgan fingerprint density at radius 2 is 1.86 bits per heavy atom. The van der Waals surface area contributed by atoms with Crippen molar-refractivity contribution in [3.63, 3.8) is 0 Å². The van der Waals surface area contributed by atoms with E-state index in [1.165, 1.54) is 24.3 Å². The standard InChI is InChI=1S/C17H15FN2O2/c18-13-5-7-14(8-6-13)19-17(21)12-15(16-4-3-11-22-16)20-9-1-2-10-20/h1-11,15H,12H2,(H,19,21)/t15-/m0/s1. The molecule has 0 spiro atoms. The first-order chi connectivity index (χ1) is 10.7. The molecule has 4 nitrogen and oxygen atoms in total. The van der Waals surface area contributed by atoms with Gasteiger partial charge < -0.3 is 14.3 Å². The zero-order chi connectivity index (χ0) is 15.4. The molecule has 1 aromatic carbocycles. The highest BCUT2D eigenvalue weighted by Crippen LogP contribution is 2.23. The third-order valence-electron chi connectivity index (χ3n) is 3.37. The summed E-state index contributed by atoms with van der Waals surface area (Å²) in [5.74, 6) is 0.214. The van der Waals surface area contributed by atoms with Crippen LogP contribution in [0.2, 0.25) is 0 Å². The largest absolute Gasteiger partial charge is 0.467 e. The molecule has 112 valence electrons. The Balaban J connectivity index is 1.73. The maximum absolute atomic E-state index is 12.9. The summed E-state index contributed by atoms with van der Waals surface area (Å²) in [4.78, 5) is 12.2. The molecular formula is C17H15FN2O2. The molecule has 2 aromatic heterocycles. The monoisotopic (exact) mass is 298 g/mol. The van der Waals surface area contributed by atoms with E-state index in [-0.39, 0.29) is 24.2 Å². The van der Waals surface area contributed by atoms with Crippen molar-refractivity contribution in [3.05, 3.63) is 78.8 Å². The van der Waals surface area contributed by atoms with Gasteiger partial charge in [-0.1, -0.05) is 0 Å². The number of carbonyl (C=O) groups is 1. The van der Waals surface area contributed by atoms with E-state index >= 15 is 0 Å². The van der Waals surface area contributed by atoms with Crippen molar-refractivity contribution in [2.45, 2.75) is 12.5 Å². The van der Waals surface area contributed by atoms with Gasteiger partial charge in [0.25, 0.3) is 0 Å². The van der Waals surface area contributed by atoms with Crippen LogP contribution in [-0.4, -0.2) is 10.5 Å². The predicted molar refractivity (Wildman–Crippen MR) is 80.9 cm³/mol. The molecule has 0 bridgehead atoms. The smallest absolute Gasteiger partial charge is 0.226 e. The molecule has 22 heavy (non-hydrogen) atoms. The van der Waals surface area contributed by atoms with Crippen LogP contribution in [-0.2, 0) is 4.79 Å². The molecule has 5 heteroatoms. The number of hydrogen-bond donors (Lipinski definition) is 1. The number of amides is 1. The summed E-state index contributed by atoms with van der Waals surface area (Å²) in [6.45, 7) is 0. The van der Waals surface area contributed by atoms with E-state index in [0.29, 0.717) is 11.4 Å². The fraction of sp³-hybridized carbons (Fsp3) is 0.118. The number of aromatic nitrogens is 1. The average Bonchev–Trinajstić information content (AvgIpc) is 3.21. The van der Waals surface area contributed by atoms with Gasteiger partial charge in [-0.2, -0.15) is 0 Å². The number of rotatable bonds is 5. The summed E-state index contributed by atoms with van der Waals surface area (Å²) in [5.41, 5.74) is 0.567. The minimum Gasteiger partial charge on any atom is -0.467 e. The van der Waals surface area contributed by atoms with Crippen LogP contribution in [0.4, 0.5) is 10.1 Å². The van der Waals surface area contributed by atoms with Gasteiger partial charge in [-0.05, 0) is 48.5 Å². The van der Waals surface area contributed by atoms with E-state index in [0.717, 1.165) is 0 Å². The molecule has 1 amide bonds. The topological polar surface area (TPSA) is 47.2 Å². The average molecular weight is 298 g/mol. The molecule has 1 atom stereocenters. The van der Waals surface area contributed by atoms with Gasteiger partial charge in [-0.15, -0.1) is 0 Å². The van der Waals surface area contributed by atoms with Crippen molar-refractivity contribution in [2.75, 3.05) is 5.32 Å². The van der Waals surface area contributed by atoms with Crippen LogP contribution >= 0.6 is 0 Å². The molecular weight excluding hydrogens is 283 g/mol. The van der Waals surface area contributed by atoms with Gasteiger partial charge in [-0.3, -0.25) is 4.79 Å². The number of anilines is 1. The van der Waals surface area contributed by atoms with Gasteiger partial charge >= 0.3 is 0 Å². The highest BCUT2D eigenvalue weighted by molar-refractivity contribution is 5.91. The third kappa shape index (κ3) is 3.25. The lowest BCUT2D eigenvalue weighted by molar-refractivity contribution is -0.116. The van der Waals surface area contributed by atoms with Crippen LogP contribution in [0.1, 0.15) is 18.2 Å². The third-order valence-corrected chi connectivity index (χ3v) is 3.37. The highest BCUT2D eigenvalue weighted by Gasteiger charge is 2.19. The van der Waals surface area contributed by atoms with Crippen molar-refractivity contribution in [1.29, 1.82) is 0 Å². The molecule has 3 aromatic rings. The Labute approximate surface area is 127 Å². The molecule has 2 heterocycles. The van der Waals surface area contributed by atoms with Gasteiger partial charge in [0.2, 0.25) is 5.91 Å². The van der Waals surface area contributed by atoms with Gasteiger partial charge in [-0.25, -0.2) is 4.39 Å². The minimum atomic E-state index is -0.334. The molecule has 0 saturated heterocycles. The number of halogens is 1.